The minimum atomic E-state index is 0. The van der Waals surface area contributed by atoms with Crippen LogP contribution in [0.15, 0.2) is 30.3 Å². The third-order valence-electron chi connectivity index (χ3n) is 2.10. The molecule has 2 nitrogen and oxygen atoms in total. The van der Waals surface area contributed by atoms with Crippen molar-refractivity contribution in [1.82, 2.24) is 6.15 Å². The number of benzene rings is 1. The molecule has 0 amide bonds. The van der Waals surface area contributed by atoms with Crippen LogP contribution < -0.4 is 10.9 Å². The van der Waals surface area contributed by atoms with E-state index in [4.69, 9.17) is 4.74 Å². The lowest BCUT2D eigenvalue weighted by atomic mass is 9.96. The first-order valence-corrected chi connectivity index (χ1v) is 4.17. The van der Waals surface area contributed by atoms with Gasteiger partial charge in [0.25, 0.3) is 0 Å². The van der Waals surface area contributed by atoms with Crippen molar-refractivity contribution in [2.75, 3.05) is 0 Å². The van der Waals surface area contributed by atoms with Gasteiger partial charge in [0.1, 0.15) is 5.75 Å². The molecule has 1 saturated carbocycles. The van der Waals surface area contributed by atoms with Gasteiger partial charge in [0.2, 0.25) is 0 Å². The Morgan fingerprint density at radius 3 is 2.25 bits per heavy atom. The van der Waals surface area contributed by atoms with E-state index in [0.29, 0.717) is 6.10 Å². The summed E-state index contributed by atoms with van der Waals surface area (Å²) in [6.45, 7) is 0. The predicted molar refractivity (Wildman–Crippen MR) is 49.7 cm³/mol. The topological polar surface area (TPSA) is 44.2 Å². The minimum absolute atomic E-state index is 0. The standard InChI is InChI=1S/C10H12O.H3N/c1-2-5-9(6-3-1)11-10-7-4-8-10;/h1-3,5-6,10H,4,7-8H2;1H3. The van der Waals surface area contributed by atoms with E-state index in [9.17, 15) is 0 Å². The molecule has 0 saturated heterocycles. The first kappa shape index (κ1) is 9.07. The van der Waals surface area contributed by atoms with Crippen molar-refractivity contribution in [3.8, 4) is 5.75 Å². The van der Waals surface area contributed by atoms with Crippen LogP contribution in [0.1, 0.15) is 19.3 Å². The summed E-state index contributed by atoms with van der Waals surface area (Å²) in [6, 6.07) is 10.0. The number of para-hydroxylation sites is 1. The zero-order chi connectivity index (χ0) is 7.52. The van der Waals surface area contributed by atoms with Crippen molar-refractivity contribution >= 4 is 0 Å². The fraction of sp³-hybridized carbons (Fsp3) is 0.400. The quantitative estimate of drug-likeness (QED) is 0.732. The van der Waals surface area contributed by atoms with Crippen LogP contribution in [0, 0.1) is 0 Å². The molecular weight excluding hydrogens is 150 g/mol. The highest BCUT2D eigenvalue weighted by Gasteiger charge is 2.18. The van der Waals surface area contributed by atoms with Crippen LogP contribution in [0.5, 0.6) is 5.75 Å². The van der Waals surface area contributed by atoms with Crippen LogP contribution in [0.3, 0.4) is 0 Å². The average Bonchev–Trinajstić information content (AvgIpc) is 1.99. The molecule has 3 N–H and O–H groups in total. The Labute approximate surface area is 73.1 Å². The molecule has 2 rings (SSSR count). The van der Waals surface area contributed by atoms with Crippen molar-refractivity contribution in [3.05, 3.63) is 30.3 Å². The van der Waals surface area contributed by atoms with Gasteiger partial charge in [0.15, 0.2) is 0 Å². The second kappa shape index (κ2) is 4.12. The summed E-state index contributed by atoms with van der Waals surface area (Å²) in [4.78, 5) is 0. The Kier molecular flexibility index (Phi) is 3.11. The van der Waals surface area contributed by atoms with Gasteiger partial charge in [-0.2, -0.15) is 0 Å². The predicted octanol–water partition coefficient (Wildman–Crippen LogP) is 2.78. The Hall–Kier alpha value is -1.02. The SMILES string of the molecule is N.c1ccc(OC2CCC2)cc1. The van der Waals surface area contributed by atoms with Gasteiger partial charge >= 0.3 is 0 Å². The fourth-order valence-electron chi connectivity index (χ4n) is 1.18. The lowest BCUT2D eigenvalue weighted by molar-refractivity contribution is 0.120. The Morgan fingerprint density at radius 2 is 1.75 bits per heavy atom. The maximum absolute atomic E-state index is 5.65. The normalized spacial score (nSPS) is 16.0. The van der Waals surface area contributed by atoms with Crippen LogP contribution in [-0.4, -0.2) is 6.10 Å². The van der Waals surface area contributed by atoms with Gasteiger partial charge in [-0.05, 0) is 31.4 Å². The van der Waals surface area contributed by atoms with E-state index < -0.39 is 0 Å². The Balaban J connectivity index is 0.000000720. The molecule has 2 heteroatoms. The lowest BCUT2D eigenvalue weighted by Gasteiger charge is -2.26. The first-order valence-electron chi connectivity index (χ1n) is 4.17. The summed E-state index contributed by atoms with van der Waals surface area (Å²) < 4.78 is 5.65. The minimum Gasteiger partial charge on any atom is -0.490 e. The number of rotatable bonds is 2. The maximum atomic E-state index is 5.65. The van der Waals surface area contributed by atoms with Crippen molar-refractivity contribution in [3.63, 3.8) is 0 Å². The van der Waals surface area contributed by atoms with Gasteiger partial charge in [-0.15, -0.1) is 0 Å². The highest BCUT2D eigenvalue weighted by molar-refractivity contribution is 5.21. The van der Waals surface area contributed by atoms with E-state index in [2.05, 4.69) is 0 Å². The first-order chi connectivity index (χ1) is 5.45. The van der Waals surface area contributed by atoms with Gasteiger partial charge in [0.05, 0.1) is 6.10 Å². The Bertz CT molecular complexity index is 219. The molecule has 1 aliphatic rings. The summed E-state index contributed by atoms with van der Waals surface area (Å²) in [7, 11) is 0. The summed E-state index contributed by atoms with van der Waals surface area (Å²) in [5.41, 5.74) is 0. The van der Waals surface area contributed by atoms with Crippen molar-refractivity contribution < 1.29 is 4.74 Å². The molecule has 0 bridgehead atoms. The molecule has 12 heavy (non-hydrogen) atoms. The lowest BCUT2D eigenvalue weighted by Crippen LogP contribution is -2.24. The van der Waals surface area contributed by atoms with E-state index in [1.807, 2.05) is 30.3 Å². The molecule has 0 aromatic heterocycles. The van der Waals surface area contributed by atoms with Crippen LogP contribution >= 0.6 is 0 Å². The van der Waals surface area contributed by atoms with Crippen LogP contribution in [0.25, 0.3) is 0 Å². The highest BCUT2D eigenvalue weighted by atomic mass is 16.5. The van der Waals surface area contributed by atoms with Crippen molar-refractivity contribution in [1.29, 1.82) is 0 Å². The molecule has 66 valence electrons. The monoisotopic (exact) mass is 165 g/mol. The fourth-order valence-corrected chi connectivity index (χ4v) is 1.18. The molecule has 0 unspecified atom stereocenters. The summed E-state index contributed by atoms with van der Waals surface area (Å²) >= 11 is 0. The third kappa shape index (κ3) is 1.98. The number of hydrogen-bond acceptors (Lipinski definition) is 2. The summed E-state index contributed by atoms with van der Waals surface area (Å²) in [5, 5.41) is 0. The average molecular weight is 165 g/mol. The van der Waals surface area contributed by atoms with Gasteiger partial charge < -0.3 is 10.9 Å². The molecule has 0 atom stereocenters. The molecule has 0 aliphatic heterocycles. The van der Waals surface area contributed by atoms with Crippen molar-refractivity contribution in [2.24, 2.45) is 0 Å². The molecule has 1 aromatic carbocycles. The van der Waals surface area contributed by atoms with E-state index in [1.165, 1.54) is 19.3 Å². The zero-order valence-electron chi connectivity index (χ0n) is 7.20. The molecule has 1 aliphatic carbocycles. The third-order valence-corrected chi connectivity index (χ3v) is 2.10. The molecule has 1 fully saturated rings. The molecule has 0 radical (unpaired) electrons. The van der Waals surface area contributed by atoms with Gasteiger partial charge in [-0.1, -0.05) is 18.2 Å². The smallest absolute Gasteiger partial charge is 0.119 e. The van der Waals surface area contributed by atoms with Crippen LogP contribution in [-0.2, 0) is 0 Å². The van der Waals surface area contributed by atoms with Gasteiger partial charge in [-0.3, -0.25) is 0 Å². The summed E-state index contributed by atoms with van der Waals surface area (Å²) in [6.07, 6.45) is 4.29. The molecule has 0 spiro atoms. The van der Waals surface area contributed by atoms with E-state index >= 15 is 0 Å². The van der Waals surface area contributed by atoms with Gasteiger partial charge in [0, 0.05) is 0 Å². The summed E-state index contributed by atoms with van der Waals surface area (Å²) in [5.74, 6) is 1.01. The Morgan fingerprint density at radius 1 is 1.08 bits per heavy atom. The number of hydrogen-bond donors (Lipinski definition) is 1. The van der Waals surface area contributed by atoms with Crippen molar-refractivity contribution in [2.45, 2.75) is 25.4 Å². The second-order valence-electron chi connectivity index (χ2n) is 2.98. The zero-order valence-corrected chi connectivity index (χ0v) is 7.20. The van der Waals surface area contributed by atoms with Gasteiger partial charge in [-0.25, -0.2) is 0 Å². The molecule has 0 heterocycles. The largest absolute Gasteiger partial charge is 0.490 e. The second-order valence-corrected chi connectivity index (χ2v) is 2.98. The van der Waals surface area contributed by atoms with Crippen LogP contribution in [0.4, 0.5) is 0 Å². The molecular formula is C10H15NO. The highest BCUT2D eigenvalue weighted by Crippen LogP contribution is 2.24. The van der Waals surface area contributed by atoms with Crippen LogP contribution in [0.2, 0.25) is 0 Å². The van der Waals surface area contributed by atoms with E-state index in [-0.39, 0.29) is 6.15 Å². The molecule has 1 aromatic rings. The number of ether oxygens (including phenoxy) is 1. The maximum Gasteiger partial charge on any atom is 0.119 e. The van der Waals surface area contributed by atoms with E-state index in [1.54, 1.807) is 0 Å². The van der Waals surface area contributed by atoms with E-state index in [0.717, 1.165) is 5.75 Å².